The zero-order chi connectivity index (χ0) is 21.8. The Kier molecular flexibility index (Phi) is 6.04. The van der Waals surface area contributed by atoms with E-state index in [1.54, 1.807) is 6.20 Å². The molecule has 2 heterocycles. The third-order valence-electron chi connectivity index (χ3n) is 5.49. The molecule has 31 heavy (non-hydrogen) atoms. The fourth-order valence-corrected chi connectivity index (χ4v) is 3.68. The summed E-state index contributed by atoms with van der Waals surface area (Å²) in [6, 6.07) is 13.5. The van der Waals surface area contributed by atoms with Crippen LogP contribution in [0.1, 0.15) is 23.5 Å². The van der Waals surface area contributed by atoms with Gasteiger partial charge in [-0.2, -0.15) is 0 Å². The van der Waals surface area contributed by atoms with Gasteiger partial charge in [0.1, 0.15) is 0 Å². The summed E-state index contributed by atoms with van der Waals surface area (Å²) in [5.41, 5.74) is 3.24. The number of anilines is 1. The minimum atomic E-state index is -0.260. The summed E-state index contributed by atoms with van der Waals surface area (Å²) in [4.78, 5) is 35.3. The lowest BCUT2D eigenvalue weighted by molar-refractivity contribution is -0.111. The van der Waals surface area contributed by atoms with Gasteiger partial charge in [0, 0.05) is 23.3 Å². The first-order valence-electron chi connectivity index (χ1n) is 10.3. The molecule has 1 aliphatic rings. The molecule has 1 fully saturated rings. The highest BCUT2D eigenvalue weighted by molar-refractivity contribution is 5.99. The molecule has 3 aromatic rings. The molecule has 0 radical (unpaired) electrons. The molecule has 158 valence electrons. The van der Waals surface area contributed by atoms with E-state index in [9.17, 15) is 9.59 Å². The van der Waals surface area contributed by atoms with Crippen LogP contribution in [-0.2, 0) is 4.79 Å². The quantitative estimate of drug-likeness (QED) is 0.625. The number of benzene rings is 2. The molecule has 1 aliphatic heterocycles. The van der Waals surface area contributed by atoms with Gasteiger partial charge < -0.3 is 15.5 Å². The predicted molar refractivity (Wildman–Crippen MR) is 122 cm³/mol. The fraction of sp³-hybridized carbons (Fsp3) is 0.250. The Morgan fingerprint density at radius 3 is 2.68 bits per heavy atom. The Hall–Kier alpha value is -3.58. The second-order valence-electron chi connectivity index (χ2n) is 7.79. The smallest absolute Gasteiger partial charge is 0.289 e. The molecule has 0 bridgehead atoms. The summed E-state index contributed by atoms with van der Waals surface area (Å²) in [5, 5.41) is 6.68. The first-order valence-corrected chi connectivity index (χ1v) is 10.3. The lowest BCUT2D eigenvalue weighted by atomic mass is 10.0. The zero-order valence-electron chi connectivity index (χ0n) is 17.5. The minimum Gasteiger partial charge on any atom is -0.346 e. The molecule has 7 heteroatoms. The van der Waals surface area contributed by atoms with Crippen molar-refractivity contribution >= 4 is 28.4 Å². The molecule has 0 atom stereocenters. The number of carbonyl (C=O) groups is 2. The predicted octanol–water partition coefficient (Wildman–Crippen LogP) is 3.25. The lowest BCUT2D eigenvalue weighted by Crippen LogP contribution is -2.43. The molecule has 2 amide bonds. The third kappa shape index (κ3) is 4.95. The molecule has 1 aromatic heterocycles. The third-order valence-corrected chi connectivity index (χ3v) is 5.49. The van der Waals surface area contributed by atoms with Crippen LogP contribution >= 0.6 is 0 Å². The van der Waals surface area contributed by atoms with Gasteiger partial charge in [-0.15, -0.1) is 0 Å². The van der Waals surface area contributed by atoms with Crippen molar-refractivity contribution in [1.29, 1.82) is 0 Å². The van der Waals surface area contributed by atoms with Gasteiger partial charge in [0.15, 0.2) is 0 Å². The first kappa shape index (κ1) is 20.7. The van der Waals surface area contributed by atoms with Crippen LogP contribution in [0.15, 0.2) is 61.3 Å². The van der Waals surface area contributed by atoms with Crippen LogP contribution in [0.4, 0.5) is 5.69 Å². The number of rotatable bonds is 5. The highest BCUT2D eigenvalue weighted by atomic mass is 16.2. The number of carbonyl (C=O) groups excluding carboxylic acids is 2. The molecular formula is C24H25N5O2. The van der Waals surface area contributed by atoms with E-state index in [0.29, 0.717) is 11.2 Å². The molecule has 7 nitrogen and oxygen atoms in total. The van der Waals surface area contributed by atoms with Crippen molar-refractivity contribution in [3.8, 4) is 11.1 Å². The first-order chi connectivity index (χ1) is 15.0. The summed E-state index contributed by atoms with van der Waals surface area (Å²) in [6.07, 6.45) is 4.77. The van der Waals surface area contributed by atoms with E-state index in [0.717, 1.165) is 42.4 Å². The SMILES string of the molecule is C=CC(=O)Nc1cccc(-c2ccc3cnc(C(=O)NC4CCN(C)CC4)nc3c2)c1. The van der Waals surface area contributed by atoms with E-state index in [4.69, 9.17) is 0 Å². The van der Waals surface area contributed by atoms with Crippen LogP contribution in [0.5, 0.6) is 0 Å². The highest BCUT2D eigenvalue weighted by Gasteiger charge is 2.20. The molecule has 0 aliphatic carbocycles. The Bertz CT molecular complexity index is 1140. The summed E-state index contributed by atoms with van der Waals surface area (Å²) in [5.74, 6) is -0.324. The van der Waals surface area contributed by atoms with Gasteiger partial charge in [-0.1, -0.05) is 30.8 Å². The van der Waals surface area contributed by atoms with Crippen molar-refractivity contribution in [2.45, 2.75) is 18.9 Å². The van der Waals surface area contributed by atoms with E-state index < -0.39 is 0 Å². The van der Waals surface area contributed by atoms with E-state index in [1.807, 2.05) is 42.5 Å². The number of nitrogens with one attached hydrogen (secondary N) is 2. The average molecular weight is 415 g/mol. The number of aromatic nitrogens is 2. The lowest BCUT2D eigenvalue weighted by Gasteiger charge is -2.29. The van der Waals surface area contributed by atoms with Crippen LogP contribution in [0.2, 0.25) is 0 Å². The summed E-state index contributed by atoms with van der Waals surface area (Å²) >= 11 is 0. The maximum Gasteiger partial charge on any atom is 0.289 e. The Morgan fingerprint density at radius 2 is 1.90 bits per heavy atom. The summed E-state index contributed by atoms with van der Waals surface area (Å²) < 4.78 is 0. The molecule has 2 aromatic carbocycles. The standard InChI is InChI=1S/C24H25N5O2/c1-3-22(30)26-20-6-4-5-16(13-20)17-7-8-18-15-25-23(28-21(18)14-17)24(31)27-19-9-11-29(2)12-10-19/h3-8,13-15,19H,1,9-12H2,2H3,(H,26,30)(H,27,31). The van der Waals surface area contributed by atoms with Crippen molar-refractivity contribution in [3.05, 3.63) is 67.1 Å². The second kappa shape index (κ2) is 9.06. The number of amides is 2. The monoisotopic (exact) mass is 415 g/mol. The van der Waals surface area contributed by atoms with Gasteiger partial charge in [0.2, 0.25) is 11.7 Å². The molecule has 0 unspecified atom stereocenters. The number of hydrogen-bond acceptors (Lipinski definition) is 5. The van der Waals surface area contributed by atoms with E-state index in [2.05, 4.69) is 39.1 Å². The van der Waals surface area contributed by atoms with Crippen LogP contribution in [-0.4, -0.2) is 52.9 Å². The van der Waals surface area contributed by atoms with E-state index in [1.165, 1.54) is 6.08 Å². The van der Waals surface area contributed by atoms with Crippen LogP contribution < -0.4 is 10.6 Å². The highest BCUT2D eigenvalue weighted by Crippen LogP contribution is 2.26. The van der Waals surface area contributed by atoms with Crippen molar-refractivity contribution in [3.63, 3.8) is 0 Å². The number of fused-ring (bicyclic) bond motifs is 1. The van der Waals surface area contributed by atoms with Crippen molar-refractivity contribution < 1.29 is 9.59 Å². The minimum absolute atomic E-state index is 0.155. The normalized spacial score (nSPS) is 14.9. The average Bonchev–Trinajstić information content (AvgIpc) is 2.80. The maximum absolute atomic E-state index is 12.7. The van der Waals surface area contributed by atoms with Gasteiger partial charge in [-0.25, -0.2) is 9.97 Å². The molecular weight excluding hydrogens is 390 g/mol. The topological polar surface area (TPSA) is 87.2 Å². The van der Waals surface area contributed by atoms with E-state index in [-0.39, 0.29) is 23.7 Å². The van der Waals surface area contributed by atoms with Crippen LogP contribution in [0.3, 0.4) is 0 Å². The van der Waals surface area contributed by atoms with Crippen LogP contribution in [0.25, 0.3) is 22.0 Å². The number of piperidine rings is 1. The maximum atomic E-state index is 12.7. The fourth-order valence-electron chi connectivity index (χ4n) is 3.68. The number of likely N-dealkylation sites (tertiary alicyclic amines) is 1. The number of nitrogens with zero attached hydrogens (tertiary/aromatic N) is 3. The Morgan fingerprint density at radius 1 is 1.13 bits per heavy atom. The second-order valence-corrected chi connectivity index (χ2v) is 7.79. The zero-order valence-corrected chi connectivity index (χ0v) is 17.5. The van der Waals surface area contributed by atoms with Gasteiger partial charge in [-0.05, 0) is 68.4 Å². The van der Waals surface area contributed by atoms with Crippen molar-refractivity contribution in [2.24, 2.45) is 0 Å². The summed E-state index contributed by atoms with van der Waals surface area (Å²) in [6.45, 7) is 5.42. The molecule has 4 rings (SSSR count). The molecule has 0 saturated carbocycles. The van der Waals surface area contributed by atoms with Gasteiger partial charge in [-0.3, -0.25) is 9.59 Å². The van der Waals surface area contributed by atoms with Gasteiger partial charge in [0.25, 0.3) is 5.91 Å². The summed E-state index contributed by atoms with van der Waals surface area (Å²) in [7, 11) is 2.09. The van der Waals surface area contributed by atoms with Crippen molar-refractivity contribution in [1.82, 2.24) is 20.2 Å². The molecule has 2 N–H and O–H groups in total. The van der Waals surface area contributed by atoms with Crippen molar-refractivity contribution in [2.75, 3.05) is 25.5 Å². The molecule has 0 spiro atoms. The van der Waals surface area contributed by atoms with Gasteiger partial charge >= 0.3 is 0 Å². The number of hydrogen-bond donors (Lipinski definition) is 2. The Labute approximate surface area is 181 Å². The molecule has 1 saturated heterocycles. The van der Waals surface area contributed by atoms with Crippen LogP contribution in [0, 0.1) is 0 Å². The Balaban J connectivity index is 1.56. The van der Waals surface area contributed by atoms with E-state index >= 15 is 0 Å². The largest absolute Gasteiger partial charge is 0.346 e. The van der Waals surface area contributed by atoms with Gasteiger partial charge in [0.05, 0.1) is 5.52 Å².